The number of carbonyl (C=O) groups is 1. The third kappa shape index (κ3) is 2.68. The highest BCUT2D eigenvalue weighted by Crippen LogP contribution is 2.12. The van der Waals surface area contributed by atoms with E-state index in [4.69, 9.17) is 9.47 Å². The van der Waals surface area contributed by atoms with Crippen molar-refractivity contribution >= 4 is 5.91 Å². The topological polar surface area (TPSA) is 63.4 Å². The van der Waals surface area contributed by atoms with Crippen LogP contribution in [0.15, 0.2) is 12.3 Å². The minimum absolute atomic E-state index is 0.0387. The first-order valence-electron chi connectivity index (χ1n) is 5.86. The number of rotatable bonds is 4. The standard InChI is InChI=1S/C12H18N2O3/c1-3-17-11-7-16-6-10(11)14-12(15)9-4-5-13-8(9)2/h4-5,10-11,13H,3,6-7H2,1-2H3,(H,14,15)/t10-,11-/m0/s1. The second-order valence-electron chi connectivity index (χ2n) is 4.13. The molecule has 0 saturated carbocycles. The largest absolute Gasteiger partial charge is 0.376 e. The summed E-state index contributed by atoms with van der Waals surface area (Å²) >= 11 is 0. The fourth-order valence-corrected chi connectivity index (χ4v) is 1.99. The van der Waals surface area contributed by atoms with Crippen molar-refractivity contribution in [3.05, 3.63) is 23.5 Å². The molecule has 1 aliphatic heterocycles. The smallest absolute Gasteiger partial charge is 0.253 e. The van der Waals surface area contributed by atoms with Crippen LogP contribution in [0.2, 0.25) is 0 Å². The Morgan fingerprint density at radius 3 is 3.12 bits per heavy atom. The molecule has 0 aromatic carbocycles. The van der Waals surface area contributed by atoms with Gasteiger partial charge in [-0.1, -0.05) is 0 Å². The molecule has 2 heterocycles. The Kier molecular flexibility index (Phi) is 3.81. The lowest BCUT2D eigenvalue weighted by molar-refractivity contribution is 0.0402. The molecule has 2 rings (SSSR count). The van der Waals surface area contributed by atoms with E-state index in [9.17, 15) is 4.79 Å². The molecule has 1 aromatic heterocycles. The zero-order valence-electron chi connectivity index (χ0n) is 10.2. The van der Waals surface area contributed by atoms with E-state index in [0.717, 1.165) is 5.69 Å². The summed E-state index contributed by atoms with van der Waals surface area (Å²) in [5.41, 5.74) is 1.54. The Hall–Kier alpha value is -1.33. The second-order valence-corrected chi connectivity index (χ2v) is 4.13. The van der Waals surface area contributed by atoms with Gasteiger partial charge in [-0.05, 0) is 19.9 Å². The van der Waals surface area contributed by atoms with Crippen molar-refractivity contribution in [1.29, 1.82) is 0 Å². The molecule has 0 radical (unpaired) electrons. The molecule has 94 valence electrons. The first kappa shape index (κ1) is 12.1. The van der Waals surface area contributed by atoms with Crippen LogP contribution in [-0.2, 0) is 9.47 Å². The summed E-state index contributed by atoms with van der Waals surface area (Å²) in [4.78, 5) is 15.0. The maximum Gasteiger partial charge on any atom is 0.253 e. The molecule has 1 aromatic rings. The van der Waals surface area contributed by atoms with Crippen molar-refractivity contribution in [3.63, 3.8) is 0 Å². The number of hydrogen-bond donors (Lipinski definition) is 2. The molecular weight excluding hydrogens is 220 g/mol. The lowest BCUT2D eigenvalue weighted by atomic mass is 10.2. The molecule has 1 amide bonds. The van der Waals surface area contributed by atoms with Gasteiger partial charge in [-0.3, -0.25) is 4.79 Å². The third-order valence-corrected chi connectivity index (χ3v) is 2.92. The molecule has 1 fully saturated rings. The van der Waals surface area contributed by atoms with Crippen LogP contribution < -0.4 is 5.32 Å². The van der Waals surface area contributed by atoms with Crippen molar-refractivity contribution in [2.24, 2.45) is 0 Å². The molecular formula is C12H18N2O3. The number of aryl methyl sites for hydroxylation is 1. The maximum atomic E-state index is 12.0. The molecule has 5 nitrogen and oxygen atoms in total. The summed E-state index contributed by atoms with van der Waals surface area (Å²) in [6, 6.07) is 1.72. The second kappa shape index (κ2) is 5.33. The molecule has 1 saturated heterocycles. The predicted molar refractivity (Wildman–Crippen MR) is 63.0 cm³/mol. The van der Waals surface area contributed by atoms with E-state index in [1.54, 1.807) is 12.3 Å². The number of hydrogen-bond acceptors (Lipinski definition) is 3. The van der Waals surface area contributed by atoms with Gasteiger partial charge in [0.25, 0.3) is 5.91 Å². The van der Waals surface area contributed by atoms with Crippen LogP contribution >= 0.6 is 0 Å². The fraction of sp³-hybridized carbons (Fsp3) is 0.583. The Morgan fingerprint density at radius 2 is 2.47 bits per heavy atom. The normalized spacial score (nSPS) is 23.9. The molecule has 0 unspecified atom stereocenters. The molecule has 2 N–H and O–H groups in total. The summed E-state index contributed by atoms with van der Waals surface area (Å²) in [5, 5.41) is 2.95. The zero-order chi connectivity index (χ0) is 12.3. The molecule has 2 atom stereocenters. The lowest BCUT2D eigenvalue weighted by Crippen LogP contribution is -2.43. The molecule has 0 spiro atoms. The lowest BCUT2D eigenvalue weighted by Gasteiger charge is -2.18. The van der Waals surface area contributed by atoms with Gasteiger partial charge in [0.15, 0.2) is 0 Å². The van der Waals surface area contributed by atoms with Gasteiger partial charge in [0.2, 0.25) is 0 Å². The van der Waals surface area contributed by atoms with E-state index in [1.807, 2.05) is 13.8 Å². The molecule has 0 aliphatic carbocycles. The van der Waals surface area contributed by atoms with Crippen LogP contribution in [0.3, 0.4) is 0 Å². The summed E-state index contributed by atoms with van der Waals surface area (Å²) < 4.78 is 10.8. The number of aromatic nitrogens is 1. The highest BCUT2D eigenvalue weighted by molar-refractivity contribution is 5.95. The first-order valence-corrected chi connectivity index (χ1v) is 5.86. The van der Waals surface area contributed by atoms with Crippen LogP contribution in [0.25, 0.3) is 0 Å². The number of H-pyrrole nitrogens is 1. The predicted octanol–water partition coefficient (Wildman–Crippen LogP) is 0.857. The van der Waals surface area contributed by atoms with Crippen LogP contribution in [-0.4, -0.2) is 42.9 Å². The van der Waals surface area contributed by atoms with Gasteiger partial charge >= 0.3 is 0 Å². The average Bonchev–Trinajstić information content (AvgIpc) is 2.89. The number of carbonyl (C=O) groups excluding carboxylic acids is 1. The van der Waals surface area contributed by atoms with Gasteiger partial charge in [-0.2, -0.15) is 0 Å². The number of aromatic amines is 1. The fourth-order valence-electron chi connectivity index (χ4n) is 1.99. The SMILES string of the molecule is CCO[C@H]1COC[C@@H]1NC(=O)c1cc[nH]c1C. The van der Waals surface area contributed by atoms with Crippen LogP contribution in [0, 0.1) is 6.92 Å². The van der Waals surface area contributed by atoms with E-state index >= 15 is 0 Å². The van der Waals surface area contributed by atoms with E-state index in [2.05, 4.69) is 10.3 Å². The highest BCUT2D eigenvalue weighted by atomic mass is 16.5. The first-order chi connectivity index (χ1) is 8.22. The Labute approximate surface area is 100 Å². The van der Waals surface area contributed by atoms with Crippen LogP contribution in [0.5, 0.6) is 0 Å². The van der Waals surface area contributed by atoms with E-state index in [1.165, 1.54) is 0 Å². The van der Waals surface area contributed by atoms with Gasteiger partial charge in [0.1, 0.15) is 6.10 Å². The quantitative estimate of drug-likeness (QED) is 0.817. The molecule has 1 aliphatic rings. The van der Waals surface area contributed by atoms with Crippen molar-refractivity contribution in [1.82, 2.24) is 10.3 Å². The summed E-state index contributed by atoms with van der Waals surface area (Å²) in [7, 11) is 0. The Morgan fingerprint density at radius 1 is 1.65 bits per heavy atom. The summed E-state index contributed by atoms with van der Waals surface area (Å²) in [6.07, 6.45) is 1.72. The van der Waals surface area contributed by atoms with Gasteiger partial charge in [-0.25, -0.2) is 0 Å². The monoisotopic (exact) mass is 238 g/mol. The third-order valence-electron chi connectivity index (χ3n) is 2.92. The van der Waals surface area contributed by atoms with E-state index < -0.39 is 0 Å². The molecule has 0 bridgehead atoms. The average molecular weight is 238 g/mol. The van der Waals surface area contributed by atoms with Crippen molar-refractivity contribution < 1.29 is 14.3 Å². The van der Waals surface area contributed by atoms with Gasteiger partial charge < -0.3 is 19.8 Å². The van der Waals surface area contributed by atoms with Gasteiger partial charge in [-0.15, -0.1) is 0 Å². The summed E-state index contributed by atoms with van der Waals surface area (Å²) in [5.74, 6) is -0.0797. The molecule has 17 heavy (non-hydrogen) atoms. The number of nitrogens with one attached hydrogen (secondary N) is 2. The van der Waals surface area contributed by atoms with Crippen LogP contribution in [0.1, 0.15) is 23.0 Å². The Balaban J connectivity index is 1.97. The van der Waals surface area contributed by atoms with Crippen molar-refractivity contribution in [2.75, 3.05) is 19.8 Å². The van der Waals surface area contributed by atoms with E-state index in [0.29, 0.717) is 25.4 Å². The number of amides is 1. The highest BCUT2D eigenvalue weighted by Gasteiger charge is 2.30. The zero-order valence-corrected chi connectivity index (χ0v) is 10.2. The van der Waals surface area contributed by atoms with Crippen molar-refractivity contribution in [2.45, 2.75) is 26.0 Å². The van der Waals surface area contributed by atoms with Gasteiger partial charge in [0.05, 0.1) is 24.8 Å². The van der Waals surface area contributed by atoms with E-state index in [-0.39, 0.29) is 18.1 Å². The van der Waals surface area contributed by atoms with Gasteiger partial charge in [0, 0.05) is 18.5 Å². The number of ether oxygens (including phenoxy) is 2. The van der Waals surface area contributed by atoms with Crippen molar-refractivity contribution in [3.8, 4) is 0 Å². The summed E-state index contributed by atoms with van der Waals surface area (Å²) in [6.45, 7) is 5.50. The molecule has 5 heteroatoms. The Bertz CT molecular complexity index is 389. The minimum Gasteiger partial charge on any atom is -0.376 e. The maximum absolute atomic E-state index is 12.0. The minimum atomic E-state index is -0.0797. The van der Waals surface area contributed by atoms with Crippen LogP contribution in [0.4, 0.5) is 0 Å².